The predicted octanol–water partition coefficient (Wildman–Crippen LogP) is 4.02. The Morgan fingerprint density at radius 2 is 2.00 bits per heavy atom. The number of benzene rings is 1. The van der Waals surface area contributed by atoms with E-state index in [4.69, 9.17) is 0 Å². The highest BCUT2D eigenvalue weighted by Gasteiger charge is 2.37. The molecule has 0 spiro atoms. The molecule has 1 aromatic carbocycles. The summed E-state index contributed by atoms with van der Waals surface area (Å²) in [5.74, 6) is 0. The number of rotatable bonds is 4. The summed E-state index contributed by atoms with van der Waals surface area (Å²) in [5, 5.41) is 10.2. The first-order valence-corrected chi connectivity index (χ1v) is 6.91. The third-order valence-corrected chi connectivity index (χ3v) is 5.34. The third-order valence-electron chi connectivity index (χ3n) is 2.72. The Kier molecular flexibility index (Phi) is 4.82. The Bertz CT molecular complexity index is 344. The highest BCUT2D eigenvalue weighted by Crippen LogP contribution is 2.36. The largest absolute Gasteiger partial charge is 0.197 e. The first-order valence-electron chi connectivity index (χ1n) is 4.88. The quantitative estimate of drug-likeness (QED) is 0.765. The van der Waals surface area contributed by atoms with E-state index in [1.807, 2.05) is 37.3 Å². The molecule has 0 fully saturated rings. The van der Waals surface area contributed by atoms with Crippen LogP contribution < -0.4 is 0 Å². The molecule has 1 nitrogen and oxygen atoms in total. The molecular weight excluding hydrogens is 318 g/mol. The van der Waals surface area contributed by atoms with E-state index in [1.165, 1.54) is 0 Å². The van der Waals surface area contributed by atoms with Gasteiger partial charge in [0, 0.05) is 10.2 Å². The van der Waals surface area contributed by atoms with Crippen molar-refractivity contribution < 1.29 is 0 Å². The van der Waals surface area contributed by atoms with E-state index in [9.17, 15) is 5.26 Å². The van der Waals surface area contributed by atoms with Gasteiger partial charge in [-0.05, 0) is 12.0 Å². The van der Waals surface area contributed by atoms with Gasteiger partial charge in [0.1, 0.15) is 0 Å². The van der Waals surface area contributed by atoms with Gasteiger partial charge in [0.25, 0.3) is 0 Å². The highest BCUT2D eigenvalue weighted by molar-refractivity contribution is 9.12. The Balaban J connectivity index is 3.19. The van der Waals surface area contributed by atoms with Gasteiger partial charge in [0.05, 0.1) is 11.5 Å². The third kappa shape index (κ3) is 2.43. The van der Waals surface area contributed by atoms with E-state index in [0.29, 0.717) is 0 Å². The minimum atomic E-state index is -0.440. The zero-order valence-electron chi connectivity index (χ0n) is 8.58. The second-order valence-corrected chi connectivity index (χ2v) is 5.18. The van der Waals surface area contributed by atoms with Gasteiger partial charge in [-0.1, -0.05) is 69.1 Å². The van der Waals surface area contributed by atoms with Crippen LogP contribution >= 0.6 is 31.9 Å². The zero-order valence-corrected chi connectivity index (χ0v) is 11.8. The number of nitrogens with zero attached hydrogens (tertiary/aromatic N) is 1. The average molecular weight is 331 g/mol. The van der Waals surface area contributed by atoms with Crippen LogP contribution in [-0.4, -0.2) is 10.2 Å². The summed E-state index contributed by atoms with van der Waals surface area (Å²) < 4.78 is 0. The van der Waals surface area contributed by atoms with Crippen LogP contribution in [0, 0.1) is 11.3 Å². The van der Waals surface area contributed by atoms with Crippen LogP contribution in [0.2, 0.25) is 0 Å². The molecule has 2 unspecified atom stereocenters. The molecule has 0 bridgehead atoms. The maximum atomic E-state index is 9.43. The molecule has 1 aromatic rings. The monoisotopic (exact) mass is 329 g/mol. The van der Waals surface area contributed by atoms with Crippen molar-refractivity contribution in [1.82, 2.24) is 0 Å². The van der Waals surface area contributed by atoms with Crippen LogP contribution in [0.4, 0.5) is 0 Å². The Labute approximate surface area is 108 Å². The van der Waals surface area contributed by atoms with Gasteiger partial charge in [-0.3, -0.25) is 0 Å². The molecule has 0 heterocycles. The maximum absolute atomic E-state index is 9.43. The predicted molar refractivity (Wildman–Crippen MR) is 70.5 cm³/mol. The Morgan fingerprint density at radius 3 is 2.40 bits per heavy atom. The van der Waals surface area contributed by atoms with E-state index >= 15 is 0 Å². The van der Waals surface area contributed by atoms with Gasteiger partial charge in [0.15, 0.2) is 0 Å². The van der Waals surface area contributed by atoms with Crippen molar-refractivity contribution in [2.24, 2.45) is 0 Å². The van der Waals surface area contributed by atoms with E-state index in [1.54, 1.807) is 0 Å². The first kappa shape index (κ1) is 12.7. The number of halogens is 2. The minimum Gasteiger partial charge on any atom is -0.197 e. The van der Waals surface area contributed by atoms with Gasteiger partial charge in [-0.2, -0.15) is 5.26 Å². The van der Waals surface area contributed by atoms with Crippen LogP contribution in [0.25, 0.3) is 0 Å². The molecule has 0 N–H and O–H groups in total. The molecule has 80 valence electrons. The smallest absolute Gasteiger partial charge is 0.0952 e. The summed E-state index contributed by atoms with van der Waals surface area (Å²) in [4.78, 5) is 0.127. The molecule has 0 aliphatic heterocycles. The van der Waals surface area contributed by atoms with Crippen LogP contribution in [-0.2, 0) is 5.41 Å². The molecule has 0 aliphatic rings. The van der Waals surface area contributed by atoms with E-state index in [0.717, 1.165) is 17.3 Å². The lowest BCUT2D eigenvalue weighted by Crippen LogP contribution is -2.34. The molecule has 15 heavy (non-hydrogen) atoms. The van der Waals surface area contributed by atoms with Crippen molar-refractivity contribution in [2.45, 2.75) is 23.6 Å². The summed E-state index contributed by atoms with van der Waals surface area (Å²) in [7, 11) is 0. The van der Waals surface area contributed by atoms with Crippen LogP contribution in [0.5, 0.6) is 0 Å². The van der Waals surface area contributed by atoms with E-state index < -0.39 is 5.41 Å². The van der Waals surface area contributed by atoms with E-state index in [-0.39, 0.29) is 4.83 Å². The van der Waals surface area contributed by atoms with Crippen LogP contribution in [0.15, 0.2) is 30.3 Å². The van der Waals surface area contributed by atoms with Gasteiger partial charge in [0.2, 0.25) is 0 Å². The molecule has 0 saturated carbocycles. The fourth-order valence-electron chi connectivity index (χ4n) is 1.69. The van der Waals surface area contributed by atoms with Crippen molar-refractivity contribution in [3.63, 3.8) is 0 Å². The highest BCUT2D eigenvalue weighted by atomic mass is 79.9. The number of hydrogen-bond donors (Lipinski definition) is 0. The maximum Gasteiger partial charge on any atom is 0.0952 e. The van der Waals surface area contributed by atoms with Crippen molar-refractivity contribution >= 4 is 31.9 Å². The molecule has 0 aliphatic carbocycles. The molecule has 3 heteroatoms. The Morgan fingerprint density at radius 1 is 1.40 bits per heavy atom. The lowest BCUT2D eigenvalue weighted by atomic mass is 9.77. The van der Waals surface area contributed by atoms with Crippen LogP contribution in [0.1, 0.15) is 18.9 Å². The number of hydrogen-bond acceptors (Lipinski definition) is 1. The summed E-state index contributed by atoms with van der Waals surface area (Å²) in [5.41, 5.74) is 0.640. The van der Waals surface area contributed by atoms with E-state index in [2.05, 4.69) is 37.9 Å². The normalized spacial score (nSPS) is 16.4. The SMILES string of the molecule is CCC(C#N)(c1ccccc1)C(Br)CBr. The van der Waals surface area contributed by atoms with Crippen molar-refractivity contribution in [3.8, 4) is 6.07 Å². The molecule has 0 aromatic heterocycles. The fourth-order valence-corrected chi connectivity index (χ4v) is 2.93. The van der Waals surface area contributed by atoms with Gasteiger partial charge in [-0.25, -0.2) is 0 Å². The summed E-state index contributed by atoms with van der Waals surface area (Å²) in [6.07, 6.45) is 0.801. The second-order valence-electron chi connectivity index (χ2n) is 3.42. The topological polar surface area (TPSA) is 23.8 Å². The molecule has 0 saturated heterocycles. The molecule has 2 atom stereocenters. The standard InChI is InChI=1S/C12H13Br2N/c1-2-12(9-15,11(14)8-13)10-6-4-3-5-7-10/h3-7,11H,2,8H2,1H3. The first-order chi connectivity index (χ1) is 7.21. The Hall–Kier alpha value is -0.330. The molecule has 0 radical (unpaired) electrons. The average Bonchev–Trinajstić information content (AvgIpc) is 2.32. The number of nitriles is 1. The summed E-state index contributed by atoms with van der Waals surface area (Å²) >= 11 is 7.02. The lowest BCUT2D eigenvalue weighted by molar-refractivity contribution is 0.535. The van der Waals surface area contributed by atoms with Gasteiger partial charge in [-0.15, -0.1) is 0 Å². The molecule has 0 amide bonds. The van der Waals surface area contributed by atoms with Gasteiger partial charge < -0.3 is 0 Å². The van der Waals surface area contributed by atoms with Gasteiger partial charge >= 0.3 is 0 Å². The van der Waals surface area contributed by atoms with Crippen molar-refractivity contribution in [1.29, 1.82) is 5.26 Å². The summed E-state index contributed by atoms with van der Waals surface area (Å²) in [6, 6.07) is 12.4. The zero-order chi connectivity index (χ0) is 11.3. The molecule has 1 rings (SSSR count). The second kappa shape index (κ2) is 5.67. The number of alkyl halides is 2. The lowest BCUT2D eigenvalue weighted by Gasteiger charge is -2.29. The van der Waals surface area contributed by atoms with Crippen molar-refractivity contribution in [3.05, 3.63) is 35.9 Å². The minimum absolute atomic E-state index is 0.127. The fraction of sp³-hybridized carbons (Fsp3) is 0.417. The van der Waals surface area contributed by atoms with Crippen LogP contribution in [0.3, 0.4) is 0 Å². The van der Waals surface area contributed by atoms with Crippen molar-refractivity contribution in [2.75, 3.05) is 5.33 Å². The summed E-state index contributed by atoms with van der Waals surface area (Å²) in [6.45, 7) is 2.05. The molecular formula is C12H13Br2N.